The van der Waals surface area contributed by atoms with E-state index in [0.29, 0.717) is 44.4 Å². The van der Waals surface area contributed by atoms with E-state index in [1.54, 1.807) is 25.7 Å². The number of carboxylic acids is 1. The van der Waals surface area contributed by atoms with Crippen LogP contribution in [-0.4, -0.2) is 82.5 Å². The number of aliphatic carboxylic acids is 1. The quantitative estimate of drug-likeness (QED) is 0.190. The normalized spacial score (nSPS) is 34.8. The minimum atomic E-state index is -1.18. The molecule has 9 nitrogen and oxygen atoms in total. The van der Waals surface area contributed by atoms with Crippen LogP contribution >= 0.6 is 0 Å². The number of ether oxygens (including phenoxy) is 1. The molecule has 0 radical (unpaired) electrons. The van der Waals surface area contributed by atoms with E-state index in [4.69, 9.17) is 4.74 Å². The van der Waals surface area contributed by atoms with Gasteiger partial charge < -0.3 is 19.8 Å². The summed E-state index contributed by atoms with van der Waals surface area (Å²) in [5.74, 6) is -0.119. The van der Waals surface area contributed by atoms with Gasteiger partial charge in [-0.2, -0.15) is 0 Å². The number of hydrogen-bond acceptors (Lipinski definition) is 7. The molecule has 0 saturated heterocycles. The minimum Gasteiger partial charge on any atom is -0.481 e. The van der Waals surface area contributed by atoms with Crippen molar-refractivity contribution in [2.24, 2.45) is 56.2 Å². The summed E-state index contributed by atoms with van der Waals surface area (Å²) in [6.45, 7) is 23.5. The third-order valence-electron chi connectivity index (χ3n) is 17.5. The number of esters is 1. The lowest BCUT2D eigenvalue weighted by atomic mass is 9.33. The molecule has 1 amide bonds. The molecule has 0 bridgehead atoms. The Bertz CT molecular complexity index is 1790. The zero-order valence-corrected chi connectivity index (χ0v) is 37.6. The number of benzene rings is 1. The van der Waals surface area contributed by atoms with Crippen molar-refractivity contribution in [2.75, 3.05) is 26.7 Å². The Balaban J connectivity index is 1.29. The molecule has 0 aromatic heterocycles. The summed E-state index contributed by atoms with van der Waals surface area (Å²) in [5.41, 5.74) is 1.33. The van der Waals surface area contributed by atoms with Crippen LogP contribution in [0.3, 0.4) is 0 Å². The van der Waals surface area contributed by atoms with Crippen molar-refractivity contribution in [2.45, 2.75) is 152 Å². The van der Waals surface area contributed by atoms with Crippen LogP contribution in [0.2, 0.25) is 0 Å². The Morgan fingerprint density at radius 2 is 1.57 bits per heavy atom. The molecular weight excluding hydrogens is 729 g/mol. The number of aliphatic hydroxyl groups excluding tert-OH is 1. The van der Waals surface area contributed by atoms with Crippen molar-refractivity contribution >= 4 is 23.6 Å². The van der Waals surface area contributed by atoms with Crippen LogP contribution in [0.15, 0.2) is 41.5 Å². The minimum absolute atomic E-state index is 0.0146. The fraction of sp³-hybridized carbons (Fsp3) is 0.755. The largest absolute Gasteiger partial charge is 0.481 e. The second-order valence-electron chi connectivity index (χ2n) is 21.7. The number of nitrogens with zero attached hydrogens (tertiary/aromatic N) is 2. The molecule has 322 valence electrons. The first kappa shape index (κ1) is 44.5. The van der Waals surface area contributed by atoms with E-state index in [0.717, 1.165) is 62.5 Å². The van der Waals surface area contributed by atoms with Gasteiger partial charge in [0.1, 0.15) is 6.10 Å². The highest BCUT2D eigenvalue weighted by Gasteiger charge is 2.71. The first-order chi connectivity index (χ1) is 26.9. The summed E-state index contributed by atoms with van der Waals surface area (Å²) in [6.07, 6.45) is 6.84. The fourth-order valence-electron chi connectivity index (χ4n) is 13.9. The predicted molar refractivity (Wildman–Crippen MR) is 226 cm³/mol. The smallest absolute Gasteiger partial charge is 0.309 e. The first-order valence-corrected chi connectivity index (χ1v) is 22.3. The zero-order chi connectivity index (χ0) is 42.8. The number of allylic oxidation sites excluding steroid dienone is 1. The number of carbonyl (C=O) groups is 4. The van der Waals surface area contributed by atoms with Crippen LogP contribution in [0.4, 0.5) is 0 Å². The fourth-order valence-corrected chi connectivity index (χ4v) is 13.9. The molecule has 9 atom stereocenters. The predicted octanol–water partition coefficient (Wildman–Crippen LogP) is 8.72. The number of ketones is 1. The van der Waals surface area contributed by atoms with Gasteiger partial charge >= 0.3 is 11.9 Å². The average molecular weight is 803 g/mol. The van der Waals surface area contributed by atoms with Crippen LogP contribution in [0, 0.1) is 56.2 Å². The Kier molecular flexibility index (Phi) is 12.1. The van der Waals surface area contributed by atoms with Crippen molar-refractivity contribution in [1.29, 1.82) is 0 Å². The monoisotopic (exact) mass is 803 g/mol. The standard InChI is InChI=1S/C49H74N2O7/c1-31(2)41-35(53)27-49(38(54)30-51(26-25-50(11)32(3)52)29-33-15-13-12-14-16-33)24-23-47(9)34(42(41)49)17-18-37-46(8)21-20-39(58-40(55)28-44(4,5)43(56)57)45(6,7)36(46)19-22-48(37,47)10/h12-16,31,34,36-39,54H,17-30H2,1-11H3,(H,56,57)/t34-,36+,37-,38+,39+,46+,47-,48-,49+/m1/s1. The van der Waals surface area contributed by atoms with E-state index in [9.17, 15) is 29.4 Å². The molecular formula is C49H74N2O7. The maximum Gasteiger partial charge on any atom is 0.309 e. The molecule has 5 aliphatic rings. The van der Waals surface area contributed by atoms with Crippen LogP contribution in [-0.2, 0) is 30.5 Å². The molecule has 1 aromatic rings. The van der Waals surface area contributed by atoms with Gasteiger partial charge in [0.2, 0.25) is 5.91 Å². The average Bonchev–Trinajstić information content (AvgIpc) is 3.45. The van der Waals surface area contributed by atoms with Gasteiger partial charge in [0.25, 0.3) is 0 Å². The van der Waals surface area contributed by atoms with E-state index in [-0.39, 0.29) is 57.7 Å². The highest BCUT2D eigenvalue weighted by Crippen LogP contribution is 2.77. The molecule has 4 fully saturated rings. The molecule has 4 saturated carbocycles. The van der Waals surface area contributed by atoms with Crippen LogP contribution in [0.25, 0.3) is 0 Å². The van der Waals surface area contributed by atoms with Gasteiger partial charge in [-0.05, 0) is 116 Å². The molecule has 6 rings (SSSR count). The number of Topliss-reactive ketones (excluding diaryl/α,β-unsaturated/α-hetero) is 1. The second-order valence-corrected chi connectivity index (χ2v) is 21.7. The number of likely N-dealkylation sites (N-methyl/N-ethyl adjacent to an activating group) is 1. The van der Waals surface area contributed by atoms with Gasteiger partial charge in [0.15, 0.2) is 5.78 Å². The van der Waals surface area contributed by atoms with Gasteiger partial charge in [-0.3, -0.25) is 24.1 Å². The van der Waals surface area contributed by atoms with Gasteiger partial charge in [-0.15, -0.1) is 0 Å². The number of carbonyl (C=O) groups excluding carboxylic acids is 3. The van der Waals surface area contributed by atoms with E-state index in [1.807, 2.05) is 25.2 Å². The molecule has 1 aromatic carbocycles. The molecule has 0 heterocycles. The molecule has 0 aliphatic heterocycles. The Morgan fingerprint density at radius 1 is 0.897 bits per heavy atom. The number of rotatable bonds is 13. The van der Waals surface area contributed by atoms with E-state index in [2.05, 4.69) is 65.5 Å². The molecule has 58 heavy (non-hydrogen) atoms. The van der Waals surface area contributed by atoms with Gasteiger partial charge in [-0.25, -0.2) is 0 Å². The summed E-state index contributed by atoms with van der Waals surface area (Å²) < 4.78 is 6.19. The summed E-state index contributed by atoms with van der Waals surface area (Å²) in [7, 11) is 1.82. The molecule has 5 aliphatic carbocycles. The lowest BCUT2D eigenvalue weighted by Crippen LogP contribution is -2.66. The van der Waals surface area contributed by atoms with Crippen molar-refractivity contribution < 1.29 is 34.1 Å². The summed E-state index contributed by atoms with van der Waals surface area (Å²) in [4.78, 5) is 55.5. The van der Waals surface area contributed by atoms with Crippen LogP contribution in [0.1, 0.15) is 139 Å². The SMILES string of the molecule is CC(=O)N(C)CCN(Cc1ccccc1)C[C@H](O)[C@@]12CC[C@]3(C)[C@H](CC[C@@H]4[C@@]5(C)CC[C@H](OC(=O)CC(C)(C)C(=O)O)C(C)(C)[C@@H]5CC[C@]43C)C1=C(C(C)C)C(=O)C2. The lowest BCUT2D eigenvalue weighted by molar-refractivity contribution is -0.235. The maximum absolute atomic E-state index is 14.3. The topological polar surface area (TPSA) is 124 Å². The van der Waals surface area contributed by atoms with E-state index >= 15 is 0 Å². The number of carboxylic acid groups (broad SMARTS) is 1. The summed E-state index contributed by atoms with van der Waals surface area (Å²) in [6, 6.07) is 10.3. The van der Waals surface area contributed by atoms with Crippen LogP contribution in [0.5, 0.6) is 0 Å². The summed E-state index contributed by atoms with van der Waals surface area (Å²) >= 11 is 0. The number of hydrogen-bond donors (Lipinski definition) is 2. The summed E-state index contributed by atoms with van der Waals surface area (Å²) in [5, 5.41) is 22.4. The lowest BCUT2D eigenvalue weighted by Gasteiger charge is -2.72. The Labute approximate surface area is 348 Å². The number of amides is 1. The van der Waals surface area contributed by atoms with Crippen molar-refractivity contribution in [3.63, 3.8) is 0 Å². The number of fused-ring (bicyclic) bond motifs is 7. The number of aliphatic hydroxyl groups is 1. The molecule has 0 unspecified atom stereocenters. The van der Waals surface area contributed by atoms with Crippen molar-refractivity contribution in [3.05, 3.63) is 47.0 Å². The van der Waals surface area contributed by atoms with Gasteiger partial charge in [0, 0.05) is 57.4 Å². The third-order valence-corrected chi connectivity index (χ3v) is 17.5. The Hall–Kier alpha value is -3.04. The Morgan fingerprint density at radius 3 is 2.19 bits per heavy atom. The van der Waals surface area contributed by atoms with Gasteiger partial charge in [-0.1, -0.05) is 84.4 Å². The first-order valence-electron chi connectivity index (χ1n) is 22.3. The second kappa shape index (κ2) is 15.8. The van der Waals surface area contributed by atoms with Crippen LogP contribution < -0.4 is 0 Å². The van der Waals surface area contributed by atoms with Crippen molar-refractivity contribution in [1.82, 2.24) is 9.80 Å². The highest BCUT2D eigenvalue weighted by molar-refractivity contribution is 6.00. The zero-order valence-electron chi connectivity index (χ0n) is 37.6. The third kappa shape index (κ3) is 7.40. The maximum atomic E-state index is 14.3. The van der Waals surface area contributed by atoms with Gasteiger partial charge in [0.05, 0.1) is 17.9 Å². The van der Waals surface area contributed by atoms with E-state index < -0.39 is 28.9 Å². The molecule has 9 heteroatoms. The molecule has 0 spiro atoms. The van der Waals surface area contributed by atoms with E-state index in [1.165, 1.54) is 5.57 Å². The highest BCUT2D eigenvalue weighted by atomic mass is 16.5. The molecule has 2 N–H and O–H groups in total. The van der Waals surface area contributed by atoms with Crippen molar-refractivity contribution in [3.8, 4) is 0 Å².